The van der Waals surface area contributed by atoms with E-state index in [0.717, 1.165) is 0 Å². The van der Waals surface area contributed by atoms with E-state index in [1.165, 1.54) is 6.33 Å². The summed E-state index contributed by atoms with van der Waals surface area (Å²) in [6.07, 6.45) is 1.44. The predicted molar refractivity (Wildman–Crippen MR) is 195 cm³/mol. The normalized spacial score (nSPS) is 11.2. The Bertz CT molecular complexity index is 2790. The van der Waals surface area contributed by atoms with Crippen molar-refractivity contribution >= 4 is 69.4 Å². The molecule has 398 valence electrons. The molecule has 0 saturated carbocycles. The van der Waals surface area contributed by atoms with Crippen LogP contribution in [0.3, 0.4) is 0 Å². The molecule has 6 aromatic carbocycles. The van der Waals surface area contributed by atoms with Crippen LogP contribution in [0.15, 0.2) is 6.33 Å². The maximum atomic E-state index is 14.4. The molecule has 0 atom stereocenters. The fraction of sp³-hybridized carbons (Fsp3) is 0. The first-order chi connectivity index (χ1) is 34.6. The third kappa shape index (κ3) is 9.73. The zero-order valence-corrected chi connectivity index (χ0v) is 35.3. The van der Waals surface area contributed by atoms with Crippen LogP contribution in [0.2, 0.25) is 10.3 Å². The van der Waals surface area contributed by atoms with E-state index in [1.807, 2.05) is 0 Å². The van der Waals surface area contributed by atoms with Gasteiger partial charge in [-0.05, 0) is 0 Å². The Morgan fingerprint density at radius 3 is 0.427 bits per heavy atom. The molecule has 0 fully saturated rings. The van der Waals surface area contributed by atoms with Crippen molar-refractivity contribution in [2.75, 3.05) is 0 Å². The van der Waals surface area contributed by atoms with E-state index in [1.54, 1.807) is 0 Å². The first-order valence-electron chi connectivity index (χ1n) is 18.0. The molecule has 1 N–H and O–H groups in total. The van der Waals surface area contributed by atoms with Gasteiger partial charge in [0.2, 0.25) is 0 Å². The summed E-state index contributed by atoms with van der Waals surface area (Å²) in [5, 5.41) is 0.711. The average molecular weight is 1160 g/mol. The maximum absolute atomic E-state index is 14.4. The first-order valence-corrected chi connectivity index (χ1v) is 18.8. The zero-order chi connectivity index (χ0) is 57.2. The third-order valence-electron chi connectivity index (χ3n) is 9.74. The largest absolute Gasteiger partial charge is 0.334 e. The van der Waals surface area contributed by atoms with Gasteiger partial charge in [-0.15, -0.1) is 0 Å². The highest BCUT2D eigenvalue weighted by Gasteiger charge is 2.47. The zero-order valence-electron chi connectivity index (χ0n) is 33.8. The minimum Gasteiger partial charge on any atom is -0.334 e. The maximum Gasteiger partial charge on any atom is 0.265 e. The SMILES string of the molecule is Clc1nc[nH]c1Cl.Fc1c(F)c(F)c(B(c2c(F)c(F)c(F)c(F)c2F)c2c(F)c(F)c(F)c(F)c2F)c(F)c1F.Fc1c(F)c(F)c(B(c2c(F)c(F)c(F)c(F)c2F)c2c(F)c(F)c(F)c(F)c2F)c(F)c1F. The van der Waals surface area contributed by atoms with Crippen LogP contribution in [0.25, 0.3) is 0 Å². The molecule has 0 aliphatic rings. The van der Waals surface area contributed by atoms with Gasteiger partial charge in [0, 0.05) is 32.8 Å². The molecule has 0 saturated heterocycles. The van der Waals surface area contributed by atoms with Gasteiger partial charge in [-0.1, -0.05) is 23.2 Å². The van der Waals surface area contributed by atoms with Crippen molar-refractivity contribution in [3.8, 4) is 0 Å². The molecule has 0 unspecified atom stereocenters. The highest BCUT2D eigenvalue weighted by Crippen LogP contribution is 2.27. The van der Waals surface area contributed by atoms with E-state index in [9.17, 15) is 132 Å². The summed E-state index contributed by atoms with van der Waals surface area (Å²) in [7, 11) is 0. The second-order valence-corrected chi connectivity index (χ2v) is 14.5. The van der Waals surface area contributed by atoms with Crippen LogP contribution in [0, 0.1) is 175 Å². The van der Waals surface area contributed by atoms with Crippen molar-refractivity contribution in [2.45, 2.75) is 0 Å². The highest BCUT2D eigenvalue weighted by molar-refractivity contribution is 6.96. The molecule has 0 spiro atoms. The second kappa shape index (κ2) is 21.8. The number of imidazole rings is 1. The van der Waals surface area contributed by atoms with Gasteiger partial charge in [-0.3, -0.25) is 0 Å². The van der Waals surface area contributed by atoms with Gasteiger partial charge < -0.3 is 4.98 Å². The lowest BCUT2D eigenvalue weighted by Gasteiger charge is -2.21. The number of H-pyrrole nitrogens is 1. The van der Waals surface area contributed by atoms with E-state index in [2.05, 4.69) is 9.97 Å². The smallest absolute Gasteiger partial charge is 0.265 e. The molecule has 7 rings (SSSR count). The van der Waals surface area contributed by atoms with Gasteiger partial charge in [0.05, 0.1) is 6.33 Å². The molecule has 0 aliphatic heterocycles. The van der Waals surface area contributed by atoms with Crippen LogP contribution in [0.5, 0.6) is 0 Å². The van der Waals surface area contributed by atoms with Gasteiger partial charge in [-0.2, -0.15) is 0 Å². The molecule has 36 heteroatoms. The Morgan fingerprint density at radius 1 is 0.227 bits per heavy atom. The Labute approximate surface area is 401 Å². The van der Waals surface area contributed by atoms with Crippen molar-refractivity contribution in [1.82, 2.24) is 9.97 Å². The Morgan fingerprint density at radius 2 is 0.347 bits per heavy atom. The summed E-state index contributed by atoms with van der Waals surface area (Å²) >= 11 is 10.7. The number of benzene rings is 6. The Kier molecular flexibility index (Phi) is 17.1. The minimum absolute atomic E-state index is 0.321. The summed E-state index contributed by atoms with van der Waals surface area (Å²) < 4.78 is 417. The summed E-state index contributed by atoms with van der Waals surface area (Å²) in [6, 6.07) is 0. The van der Waals surface area contributed by atoms with Crippen LogP contribution in [-0.2, 0) is 0 Å². The number of nitrogens with zero attached hydrogens (tertiary/aromatic N) is 1. The Hall–Kier alpha value is -6.86. The summed E-state index contributed by atoms with van der Waals surface area (Å²) in [5.74, 6) is -90.4. The molecule has 0 aliphatic carbocycles. The first kappa shape index (κ1) is 59.0. The van der Waals surface area contributed by atoms with E-state index >= 15 is 0 Å². The lowest BCUT2D eigenvalue weighted by molar-refractivity contribution is 0.380. The number of aromatic amines is 1. The van der Waals surface area contributed by atoms with Crippen molar-refractivity contribution in [2.24, 2.45) is 0 Å². The Balaban J connectivity index is 0.000000245. The van der Waals surface area contributed by atoms with Crippen LogP contribution in [0.1, 0.15) is 0 Å². The van der Waals surface area contributed by atoms with Crippen molar-refractivity contribution in [3.05, 3.63) is 191 Å². The summed E-state index contributed by atoms with van der Waals surface area (Å²) in [5.41, 5.74) is -16.1. The van der Waals surface area contributed by atoms with Crippen molar-refractivity contribution in [1.29, 1.82) is 0 Å². The van der Waals surface area contributed by atoms with Crippen molar-refractivity contribution < 1.29 is 132 Å². The molecular formula is C39H2B2Cl2F30N2. The van der Waals surface area contributed by atoms with E-state index < -0.39 is 221 Å². The molecule has 7 aromatic rings. The number of hydrogen-bond acceptors (Lipinski definition) is 1. The van der Waals surface area contributed by atoms with Gasteiger partial charge in [0.25, 0.3) is 13.4 Å². The molecule has 0 bridgehead atoms. The third-order valence-corrected chi connectivity index (χ3v) is 10.4. The molecule has 0 amide bonds. The van der Waals surface area contributed by atoms with Crippen molar-refractivity contribution in [3.63, 3.8) is 0 Å². The van der Waals surface area contributed by atoms with E-state index in [0.29, 0.717) is 10.3 Å². The van der Waals surface area contributed by atoms with Crippen LogP contribution in [0.4, 0.5) is 132 Å². The average Bonchev–Trinajstić information content (AvgIpc) is 3.76. The number of aromatic nitrogens is 2. The monoisotopic (exact) mass is 1160 g/mol. The fourth-order valence-electron chi connectivity index (χ4n) is 6.38. The lowest BCUT2D eigenvalue weighted by atomic mass is 9.36. The molecule has 1 aromatic heterocycles. The second-order valence-electron chi connectivity index (χ2n) is 13.8. The quantitative estimate of drug-likeness (QED) is 0.0765. The number of nitrogens with one attached hydrogen (secondary N) is 1. The highest BCUT2D eigenvalue weighted by atomic mass is 35.5. The topological polar surface area (TPSA) is 28.7 Å². The fourth-order valence-corrected chi connectivity index (χ4v) is 6.58. The lowest BCUT2D eigenvalue weighted by Crippen LogP contribution is -2.60. The van der Waals surface area contributed by atoms with Crippen LogP contribution >= 0.6 is 23.2 Å². The molecule has 75 heavy (non-hydrogen) atoms. The van der Waals surface area contributed by atoms with Gasteiger partial charge >= 0.3 is 0 Å². The summed E-state index contributed by atoms with van der Waals surface area (Å²) in [6.45, 7) is -7.92. The predicted octanol–water partition coefficient (Wildman–Crippen LogP) is 10.3. The molecule has 1 heterocycles. The number of halogens is 32. The van der Waals surface area contributed by atoms with Gasteiger partial charge in [-0.25, -0.2) is 137 Å². The van der Waals surface area contributed by atoms with Gasteiger partial charge in [0.1, 0.15) is 5.15 Å². The van der Waals surface area contributed by atoms with Crippen LogP contribution < -0.4 is 32.8 Å². The van der Waals surface area contributed by atoms with Gasteiger partial charge in [0.15, 0.2) is 180 Å². The number of hydrogen-bond donors (Lipinski definition) is 1. The standard InChI is InChI=1S/2C18BF15.C3H2Cl2N2/c2*20-4-1(5(21)11(27)16(32)10(4)26)19(2-6(22)12(28)17(33)13(29)7(2)23)3-8(24)14(30)18(34)15(31)9(3)25;4-2-3(5)7-1-6-2/h;;1H,(H,6,7). The van der Waals surface area contributed by atoms with Crippen LogP contribution in [-0.4, -0.2) is 23.4 Å². The van der Waals surface area contributed by atoms with E-state index in [-0.39, 0.29) is 0 Å². The molecular weight excluding hydrogens is 1160 g/mol. The summed E-state index contributed by atoms with van der Waals surface area (Å²) in [4.78, 5) is 6.18. The number of rotatable bonds is 6. The molecule has 2 nitrogen and oxygen atoms in total. The minimum atomic E-state index is -3.96. The molecule has 0 radical (unpaired) electrons. The van der Waals surface area contributed by atoms with E-state index in [4.69, 9.17) is 23.2 Å².